The van der Waals surface area contributed by atoms with Crippen molar-refractivity contribution in [3.05, 3.63) is 11.4 Å². The summed E-state index contributed by atoms with van der Waals surface area (Å²) in [6.07, 6.45) is 0.740. The number of aryl methyl sites for hydroxylation is 2. The summed E-state index contributed by atoms with van der Waals surface area (Å²) in [7, 11) is 0. The predicted molar refractivity (Wildman–Crippen MR) is 52.2 cm³/mol. The summed E-state index contributed by atoms with van der Waals surface area (Å²) in [4.78, 5) is 24.9. The number of aromatic amines is 1. The van der Waals surface area contributed by atoms with E-state index in [2.05, 4.69) is 10.2 Å². The van der Waals surface area contributed by atoms with Crippen molar-refractivity contribution in [2.45, 2.75) is 20.3 Å². The second-order valence-electron chi connectivity index (χ2n) is 4.24. The fourth-order valence-corrected chi connectivity index (χ4v) is 2.28. The molecule has 1 aliphatic heterocycles. The zero-order valence-corrected chi connectivity index (χ0v) is 8.57. The van der Waals surface area contributed by atoms with Crippen LogP contribution in [0.25, 0.3) is 0 Å². The third kappa shape index (κ3) is 0.948. The molecule has 0 spiro atoms. The summed E-state index contributed by atoms with van der Waals surface area (Å²) >= 11 is 0. The van der Waals surface area contributed by atoms with Crippen molar-refractivity contribution in [3.63, 3.8) is 0 Å². The van der Waals surface area contributed by atoms with Crippen molar-refractivity contribution in [1.82, 2.24) is 10.2 Å². The SMILES string of the molecule is Cc1n[nH]c(C)c1N1C(=O)C2CC2C1=O. The van der Waals surface area contributed by atoms with Crippen LogP contribution in [0.3, 0.4) is 0 Å². The molecule has 1 aromatic heterocycles. The summed E-state index contributed by atoms with van der Waals surface area (Å²) in [5, 5.41) is 6.79. The molecule has 2 fully saturated rings. The second-order valence-corrected chi connectivity index (χ2v) is 4.24. The highest BCUT2D eigenvalue weighted by Gasteiger charge is 2.59. The van der Waals surface area contributed by atoms with Crippen LogP contribution in [0.1, 0.15) is 17.8 Å². The standard InChI is InChI=1S/C10H11N3O2/c1-4-8(5(2)12-11-4)13-9(14)6-3-7(6)10(13)15/h6-7H,3H2,1-2H3,(H,11,12). The number of rotatable bonds is 1. The zero-order chi connectivity index (χ0) is 10.7. The molecule has 2 aliphatic rings. The van der Waals surface area contributed by atoms with Crippen molar-refractivity contribution in [2.75, 3.05) is 4.90 Å². The Morgan fingerprint density at radius 1 is 1.27 bits per heavy atom. The number of aromatic nitrogens is 2. The van der Waals surface area contributed by atoms with E-state index < -0.39 is 0 Å². The van der Waals surface area contributed by atoms with Crippen LogP contribution in [0, 0.1) is 25.7 Å². The third-order valence-electron chi connectivity index (χ3n) is 3.18. The summed E-state index contributed by atoms with van der Waals surface area (Å²) in [5.74, 6) is -0.215. The van der Waals surface area contributed by atoms with Gasteiger partial charge in [0.05, 0.1) is 28.9 Å². The molecular formula is C10H11N3O2. The van der Waals surface area contributed by atoms with Gasteiger partial charge in [-0.15, -0.1) is 0 Å². The number of fused-ring (bicyclic) bond motifs is 1. The number of piperidine rings is 1. The molecule has 0 aromatic carbocycles. The molecule has 2 amide bonds. The Kier molecular flexibility index (Phi) is 1.43. The second kappa shape index (κ2) is 2.48. The minimum Gasteiger partial charge on any atom is -0.280 e. The topological polar surface area (TPSA) is 66.1 Å². The van der Waals surface area contributed by atoms with E-state index in [9.17, 15) is 9.59 Å². The lowest BCUT2D eigenvalue weighted by atomic mass is 10.2. The van der Waals surface area contributed by atoms with Gasteiger partial charge in [0.25, 0.3) is 0 Å². The van der Waals surface area contributed by atoms with E-state index in [4.69, 9.17) is 0 Å². The molecule has 1 aliphatic carbocycles. The van der Waals surface area contributed by atoms with Crippen LogP contribution >= 0.6 is 0 Å². The van der Waals surface area contributed by atoms with Crippen LogP contribution in [0.4, 0.5) is 5.69 Å². The zero-order valence-electron chi connectivity index (χ0n) is 8.57. The van der Waals surface area contributed by atoms with Gasteiger partial charge < -0.3 is 0 Å². The first-order valence-corrected chi connectivity index (χ1v) is 5.00. The summed E-state index contributed by atoms with van der Waals surface area (Å²) < 4.78 is 0. The Morgan fingerprint density at radius 2 is 1.87 bits per heavy atom. The van der Waals surface area contributed by atoms with Gasteiger partial charge in [0.2, 0.25) is 11.8 Å². The highest BCUT2D eigenvalue weighted by Crippen LogP contribution is 2.49. The van der Waals surface area contributed by atoms with Gasteiger partial charge in [0.1, 0.15) is 0 Å². The minimum absolute atomic E-state index is 0.0498. The summed E-state index contributed by atoms with van der Waals surface area (Å²) in [5.41, 5.74) is 2.13. The van der Waals surface area contributed by atoms with Gasteiger partial charge in [-0.05, 0) is 20.3 Å². The summed E-state index contributed by atoms with van der Waals surface area (Å²) in [6, 6.07) is 0. The van der Waals surface area contributed by atoms with Crippen LogP contribution in [-0.4, -0.2) is 22.0 Å². The van der Waals surface area contributed by atoms with Crippen molar-refractivity contribution < 1.29 is 9.59 Å². The average molecular weight is 205 g/mol. The Labute approximate surface area is 86.5 Å². The van der Waals surface area contributed by atoms with E-state index in [1.165, 1.54) is 4.90 Å². The van der Waals surface area contributed by atoms with Gasteiger partial charge in [-0.1, -0.05) is 0 Å². The van der Waals surface area contributed by atoms with E-state index in [-0.39, 0.29) is 23.7 Å². The van der Waals surface area contributed by atoms with Gasteiger partial charge in [0, 0.05) is 0 Å². The Bertz CT molecular complexity index is 438. The maximum absolute atomic E-state index is 11.8. The van der Waals surface area contributed by atoms with Crippen molar-refractivity contribution >= 4 is 17.5 Å². The molecule has 3 rings (SSSR count). The van der Waals surface area contributed by atoms with E-state index >= 15 is 0 Å². The number of nitrogens with zero attached hydrogens (tertiary/aromatic N) is 2. The molecule has 1 N–H and O–H groups in total. The molecular weight excluding hydrogens is 194 g/mol. The Balaban J connectivity index is 2.08. The van der Waals surface area contributed by atoms with Crippen molar-refractivity contribution in [3.8, 4) is 0 Å². The highest BCUT2D eigenvalue weighted by atomic mass is 16.2. The van der Waals surface area contributed by atoms with Crippen molar-refractivity contribution in [2.24, 2.45) is 11.8 Å². The first kappa shape index (κ1) is 8.64. The molecule has 15 heavy (non-hydrogen) atoms. The van der Waals surface area contributed by atoms with E-state index in [0.717, 1.165) is 12.1 Å². The lowest BCUT2D eigenvalue weighted by molar-refractivity contribution is -0.123. The third-order valence-corrected chi connectivity index (χ3v) is 3.18. The lowest BCUT2D eigenvalue weighted by Gasteiger charge is -2.16. The van der Waals surface area contributed by atoms with E-state index in [1.54, 1.807) is 6.92 Å². The van der Waals surface area contributed by atoms with Gasteiger partial charge >= 0.3 is 0 Å². The van der Waals surface area contributed by atoms with Gasteiger partial charge in [-0.3, -0.25) is 14.7 Å². The number of nitrogens with one attached hydrogen (secondary N) is 1. The first-order chi connectivity index (χ1) is 7.11. The van der Waals surface area contributed by atoms with Crippen LogP contribution in [-0.2, 0) is 9.59 Å². The molecule has 0 radical (unpaired) electrons. The predicted octanol–water partition coefficient (Wildman–Crippen LogP) is 0.536. The van der Waals surface area contributed by atoms with Crippen LogP contribution < -0.4 is 4.90 Å². The number of carbonyl (C=O) groups excluding carboxylic acids is 2. The maximum atomic E-state index is 11.8. The van der Waals surface area contributed by atoms with E-state index in [0.29, 0.717) is 11.4 Å². The average Bonchev–Trinajstić information content (AvgIpc) is 2.88. The molecule has 0 bridgehead atoms. The molecule has 2 atom stereocenters. The van der Waals surface area contributed by atoms with Crippen LogP contribution in [0.2, 0.25) is 0 Å². The van der Waals surface area contributed by atoms with Gasteiger partial charge in [0.15, 0.2) is 0 Å². The molecule has 2 heterocycles. The van der Waals surface area contributed by atoms with Gasteiger partial charge in [-0.2, -0.15) is 5.10 Å². The van der Waals surface area contributed by atoms with E-state index in [1.807, 2.05) is 6.92 Å². The Hall–Kier alpha value is -1.65. The molecule has 1 aromatic rings. The van der Waals surface area contributed by atoms with Crippen molar-refractivity contribution in [1.29, 1.82) is 0 Å². The monoisotopic (exact) mass is 205 g/mol. The number of imide groups is 1. The molecule has 78 valence electrons. The number of hydrogen-bond acceptors (Lipinski definition) is 3. The number of amides is 2. The Morgan fingerprint density at radius 3 is 2.33 bits per heavy atom. The first-order valence-electron chi connectivity index (χ1n) is 5.00. The molecule has 2 unspecified atom stereocenters. The number of anilines is 1. The number of H-pyrrole nitrogens is 1. The normalized spacial score (nSPS) is 28.5. The smallest absolute Gasteiger partial charge is 0.237 e. The van der Waals surface area contributed by atoms with Gasteiger partial charge in [-0.25, -0.2) is 4.90 Å². The highest BCUT2D eigenvalue weighted by molar-refractivity contribution is 6.25. The summed E-state index contributed by atoms with van der Waals surface area (Å²) in [6.45, 7) is 3.61. The number of hydrogen-bond donors (Lipinski definition) is 1. The van der Waals surface area contributed by atoms with Crippen LogP contribution in [0.5, 0.6) is 0 Å². The quantitative estimate of drug-likeness (QED) is 0.680. The fraction of sp³-hybridized carbons (Fsp3) is 0.500. The minimum atomic E-state index is -0.0578. The maximum Gasteiger partial charge on any atom is 0.237 e. The molecule has 1 saturated heterocycles. The molecule has 1 saturated carbocycles. The number of carbonyl (C=O) groups is 2. The largest absolute Gasteiger partial charge is 0.280 e. The molecule has 5 heteroatoms. The lowest BCUT2D eigenvalue weighted by Crippen LogP contribution is -2.33. The van der Waals surface area contributed by atoms with Crippen LogP contribution in [0.15, 0.2) is 0 Å². The molecule has 5 nitrogen and oxygen atoms in total. The fourth-order valence-electron chi connectivity index (χ4n) is 2.28.